The molecule has 0 spiro atoms. The molecular formula is C34H46N4O5. The summed E-state index contributed by atoms with van der Waals surface area (Å²) in [4.78, 5) is 20.6. The zero-order valence-electron chi connectivity index (χ0n) is 26.5. The largest absolute Gasteiger partial charge is 0.487 e. The van der Waals surface area contributed by atoms with Gasteiger partial charge in [0, 0.05) is 24.8 Å². The minimum absolute atomic E-state index is 0.242. The Kier molecular flexibility index (Phi) is 10.3. The molecule has 9 heteroatoms. The molecule has 0 bridgehead atoms. The number of anilines is 1. The standard InChI is InChI=1S/C34H46N4O5/c1-9-14-25-15-12-13-16-27(25)41-23-26-22-28-35-24(4)29(30(32(39)40-11-3)43-33(5,6)7)31(38(28)36-26)37-19-17-34(8,18-20-37)42-21-10-2/h9-10,12-13,15-16,22,30H,1-2,11,14,17-21,23H2,3-8H3/t30-/m0/s1. The van der Waals surface area contributed by atoms with Crippen LogP contribution in [0.5, 0.6) is 5.75 Å². The maximum atomic E-state index is 13.4. The molecule has 1 aliphatic rings. The molecule has 0 saturated carbocycles. The Hall–Kier alpha value is -3.69. The Morgan fingerprint density at radius 1 is 1.16 bits per heavy atom. The van der Waals surface area contributed by atoms with Gasteiger partial charge in [-0.15, -0.1) is 13.2 Å². The van der Waals surface area contributed by atoms with Gasteiger partial charge >= 0.3 is 5.97 Å². The summed E-state index contributed by atoms with van der Waals surface area (Å²) in [5.41, 5.74) is 2.91. The molecule has 232 valence electrons. The van der Waals surface area contributed by atoms with Gasteiger partial charge in [0.15, 0.2) is 11.8 Å². The number of nitrogens with zero attached hydrogens (tertiary/aromatic N) is 4. The fourth-order valence-corrected chi connectivity index (χ4v) is 5.36. The fourth-order valence-electron chi connectivity index (χ4n) is 5.36. The number of hydrogen-bond donors (Lipinski definition) is 0. The first kappa shape index (κ1) is 32.2. The zero-order valence-corrected chi connectivity index (χ0v) is 26.5. The lowest BCUT2D eigenvalue weighted by Gasteiger charge is -2.41. The first-order valence-electron chi connectivity index (χ1n) is 15.0. The molecule has 3 heterocycles. The van der Waals surface area contributed by atoms with Crippen molar-refractivity contribution in [2.24, 2.45) is 0 Å². The van der Waals surface area contributed by atoms with Crippen molar-refractivity contribution in [2.75, 3.05) is 31.2 Å². The van der Waals surface area contributed by atoms with Gasteiger partial charge in [0.2, 0.25) is 0 Å². The Balaban J connectivity index is 1.79. The summed E-state index contributed by atoms with van der Waals surface area (Å²) in [5.74, 6) is 1.11. The first-order valence-corrected chi connectivity index (χ1v) is 15.0. The maximum absolute atomic E-state index is 13.4. The van der Waals surface area contributed by atoms with Gasteiger partial charge in [-0.3, -0.25) is 0 Å². The van der Waals surface area contributed by atoms with Crippen molar-refractivity contribution in [3.8, 4) is 5.75 Å². The van der Waals surface area contributed by atoms with E-state index in [4.69, 9.17) is 29.0 Å². The molecule has 1 atom stereocenters. The zero-order chi connectivity index (χ0) is 31.2. The SMILES string of the molecule is C=CCOC1(C)CCN(c2c([C@H](OC(C)(C)C)C(=O)OCC)c(C)nc3cc(COc4ccccc4CC=C)nn23)CC1. The van der Waals surface area contributed by atoms with Crippen LogP contribution in [0.4, 0.5) is 5.82 Å². The number of rotatable bonds is 13. The molecular weight excluding hydrogens is 544 g/mol. The van der Waals surface area contributed by atoms with Gasteiger partial charge in [0.25, 0.3) is 0 Å². The lowest BCUT2D eigenvalue weighted by Crippen LogP contribution is -2.45. The molecule has 9 nitrogen and oxygen atoms in total. The normalized spacial score (nSPS) is 15.7. The van der Waals surface area contributed by atoms with E-state index in [1.54, 1.807) is 13.0 Å². The summed E-state index contributed by atoms with van der Waals surface area (Å²) in [6.45, 7) is 21.7. The van der Waals surface area contributed by atoms with Crippen LogP contribution in [-0.4, -0.2) is 58.1 Å². The van der Waals surface area contributed by atoms with Crippen LogP contribution in [-0.2, 0) is 32.0 Å². The summed E-state index contributed by atoms with van der Waals surface area (Å²) in [6.07, 6.45) is 4.96. The van der Waals surface area contributed by atoms with Crippen molar-refractivity contribution < 1.29 is 23.7 Å². The summed E-state index contributed by atoms with van der Waals surface area (Å²) in [5, 5.41) is 4.97. The summed E-state index contributed by atoms with van der Waals surface area (Å²) >= 11 is 0. The second-order valence-corrected chi connectivity index (χ2v) is 12.1. The van der Waals surface area contributed by atoms with E-state index >= 15 is 0 Å². The molecule has 0 unspecified atom stereocenters. The Labute approximate surface area is 255 Å². The minimum atomic E-state index is -0.980. The maximum Gasteiger partial charge on any atom is 0.340 e. The van der Waals surface area contributed by atoms with E-state index < -0.39 is 17.7 Å². The van der Waals surface area contributed by atoms with Crippen molar-refractivity contribution in [1.82, 2.24) is 14.6 Å². The Morgan fingerprint density at radius 2 is 1.88 bits per heavy atom. The topological polar surface area (TPSA) is 87.4 Å². The third-order valence-electron chi connectivity index (χ3n) is 7.47. The van der Waals surface area contributed by atoms with Crippen LogP contribution in [0.15, 0.2) is 55.6 Å². The molecule has 1 aliphatic heterocycles. The number of aromatic nitrogens is 3. The van der Waals surface area contributed by atoms with Gasteiger partial charge < -0.3 is 23.8 Å². The fraction of sp³-hybridized carbons (Fsp3) is 0.500. The van der Waals surface area contributed by atoms with Gasteiger partial charge in [-0.05, 0) is 72.4 Å². The minimum Gasteiger partial charge on any atom is -0.487 e. The number of piperidine rings is 1. The molecule has 1 saturated heterocycles. The number of carbonyl (C=O) groups is 1. The Morgan fingerprint density at radius 3 is 2.53 bits per heavy atom. The molecule has 1 fully saturated rings. The quantitative estimate of drug-likeness (QED) is 0.169. The third-order valence-corrected chi connectivity index (χ3v) is 7.47. The van der Waals surface area contributed by atoms with Crippen LogP contribution in [0.25, 0.3) is 5.65 Å². The third kappa shape index (κ3) is 7.83. The van der Waals surface area contributed by atoms with Crippen LogP contribution < -0.4 is 9.64 Å². The van der Waals surface area contributed by atoms with Gasteiger partial charge in [-0.2, -0.15) is 9.61 Å². The molecule has 4 rings (SSSR count). The van der Waals surface area contributed by atoms with E-state index in [1.807, 2.05) is 68.6 Å². The van der Waals surface area contributed by atoms with Crippen LogP contribution in [0.3, 0.4) is 0 Å². The predicted octanol–water partition coefficient (Wildman–Crippen LogP) is 6.33. The number of aryl methyl sites for hydroxylation is 1. The summed E-state index contributed by atoms with van der Waals surface area (Å²) in [6, 6.07) is 9.86. The summed E-state index contributed by atoms with van der Waals surface area (Å²) in [7, 11) is 0. The van der Waals surface area contributed by atoms with E-state index in [0.717, 1.165) is 35.7 Å². The highest BCUT2D eigenvalue weighted by molar-refractivity contribution is 5.80. The lowest BCUT2D eigenvalue weighted by atomic mass is 9.92. The van der Waals surface area contributed by atoms with Gasteiger partial charge in [-0.25, -0.2) is 9.78 Å². The second-order valence-electron chi connectivity index (χ2n) is 12.1. The number of ether oxygens (including phenoxy) is 4. The second kappa shape index (κ2) is 13.7. The van der Waals surface area contributed by atoms with Gasteiger partial charge in [0.1, 0.15) is 23.9 Å². The van der Waals surface area contributed by atoms with Crippen LogP contribution in [0.2, 0.25) is 0 Å². The summed E-state index contributed by atoms with van der Waals surface area (Å²) < 4.78 is 26.1. The number of hydrogen-bond acceptors (Lipinski definition) is 8. The lowest BCUT2D eigenvalue weighted by molar-refractivity contribution is -0.166. The number of para-hydroxylation sites is 1. The van der Waals surface area contributed by atoms with Crippen LogP contribution in [0, 0.1) is 6.92 Å². The number of allylic oxidation sites excluding steroid dienone is 1. The van der Waals surface area contributed by atoms with Crippen molar-refractivity contribution in [3.63, 3.8) is 0 Å². The highest BCUT2D eigenvalue weighted by Crippen LogP contribution is 2.38. The molecule has 0 aliphatic carbocycles. The Bertz CT molecular complexity index is 1430. The van der Waals surface area contributed by atoms with Crippen LogP contribution >= 0.6 is 0 Å². The van der Waals surface area contributed by atoms with E-state index in [1.165, 1.54) is 0 Å². The van der Waals surface area contributed by atoms with E-state index in [9.17, 15) is 4.79 Å². The van der Waals surface area contributed by atoms with Crippen LogP contribution in [0.1, 0.15) is 76.1 Å². The van der Waals surface area contributed by atoms with Crippen molar-refractivity contribution in [3.05, 3.63) is 78.2 Å². The molecule has 3 aromatic rings. The van der Waals surface area contributed by atoms with Gasteiger partial charge in [0.05, 0.1) is 30.0 Å². The number of carbonyl (C=O) groups excluding carboxylic acids is 1. The monoisotopic (exact) mass is 590 g/mol. The van der Waals surface area contributed by atoms with E-state index in [-0.39, 0.29) is 18.8 Å². The number of esters is 1. The molecule has 0 amide bonds. The molecule has 0 radical (unpaired) electrons. The average Bonchev–Trinajstić information content (AvgIpc) is 3.36. The van der Waals surface area contributed by atoms with Crippen molar-refractivity contribution >= 4 is 17.4 Å². The first-order chi connectivity index (χ1) is 20.5. The number of fused-ring (bicyclic) bond motifs is 1. The van der Waals surface area contributed by atoms with Crippen molar-refractivity contribution in [1.29, 1.82) is 0 Å². The molecule has 43 heavy (non-hydrogen) atoms. The molecule has 1 aromatic carbocycles. The van der Waals surface area contributed by atoms with Gasteiger partial charge in [-0.1, -0.05) is 30.4 Å². The predicted molar refractivity (Wildman–Crippen MR) is 169 cm³/mol. The highest BCUT2D eigenvalue weighted by Gasteiger charge is 2.38. The smallest absolute Gasteiger partial charge is 0.340 e. The molecule has 0 N–H and O–H groups in total. The number of benzene rings is 1. The average molecular weight is 591 g/mol. The molecule has 2 aromatic heterocycles. The van der Waals surface area contributed by atoms with E-state index in [0.29, 0.717) is 43.0 Å². The highest BCUT2D eigenvalue weighted by atomic mass is 16.6. The van der Waals surface area contributed by atoms with Crippen molar-refractivity contribution in [2.45, 2.75) is 84.7 Å². The van der Waals surface area contributed by atoms with E-state index in [2.05, 4.69) is 25.0 Å².